The number of ether oxygens (including phenoxy) is 2. The quantitative estimate of drug-likeness (QED) is 0.723. The lowest BCUT2D eigenvalue weighted by Gasteiger charge is -2.10. The average molecular weight is 252 g/mol. The molecule has 0 saturated heterocycles. The van der Waals surface area contributed by atoms with Gasteiger partial charge in [0.05, 0.1) is 12.2 Å². The Morgan fingerprint density at radius 2 is 2.06 bits per heavy atom. The average Bonchev–Trinajstić information content (AvgIpc) is 2.35. The zero-order valence-electron chi connectivity index (χ0n) is 10.9. The molecule has 100 valence electrons. The summed E-state index contributed by atoms with van der Waals surface area (Å²) in [5.74, 6) is -0.340. The van der Waals surface area contributed by atoms with Crippen molar-refractivity contribution in [3.8, 4) is 5.75 Å². The molecule has 0 aliphatic heterocycles. The van der Waals surface area contributed by atoms with Gasteiger partial charge < -0.3 is 14.6 Å². The number of aryl methyl sites for hydroxylation is 1. The van der Waals surface area contributed by atoms with Crippen LogP contribution in [0.3, 0.4) is 0 Å². The molecule has 0 aliphatic rings. The largest absolute Gasteiger partial charge is 0.491 e. The molecule has 1 aromatic rings. The maximum Gasteiger partial charge on any atom is 0.335 e. The highest BCUT2D eigenvalue weighted by Crippen LogP contribution is 2.19. The number of carboxylic acid groups (broad SMARTS) is 1. The van der Waals surface area contributed by atoms with E-state index in [2.05, 4.69) is 6.92 Å². The molecule has 1 N–H and O–H groups in total. The third-order valence-corrected chi connectivity index (χ3v) is 2.56. The van der Waals surface area contributed by atoms with Crippen LogP contribution in [0, 0.1) is 6.92 Å². The first kappa shape index (κ1) is 14.5. The normalized spacial score (nSPS) is 10.3. The highest BCUT2D eigenvalue weighted by atomic mass is 16.5. The summed E-state index contributed by atoms with van der Waals surface area (Å²) >= 11 is 0. The summed E-state index contributed by atoms with van der Waals surface area (Å²) < 4.78 is 10.9. The minimum Gasteiger partial charge on any atom is -0.491 e. The maximum absolute atomic E-state index is 10.8. The van der Waals surface area contributed by atoms with E-state index < -0.39 is 5.97 Å². The Morgan fingerprint density at radius 3 is 2.72 bits per heavy atom. The first-order valence-corrected chi connectivity index (χ1v) is 6.19. The van der Waals surface area contributed by atoms with E-state index in [1.807, 2.05) is 6.92 Å². The Balaban J connectivity index is 2.41. The summed E-state index contributed by atoms with van der Waals surface area (Å²) in [6.45, 7) is 5.71. The van der Waals surface area contributed by atoms with E-state index in [1.165, 1.54) is 0 Å². The molecule has 0 bridgehead atoms. The second-order valence-corrected chi connectivity index (χ2v) is 4.10. The number of carbonyl (C=O) groups is 1. The molecule has 0 aliphatic carbocycles. The minimum absolute atomic E-state index is 0.238. The molecule has 1 rings (SSSR count). The van der Waals surface area contributed by atoms with Crippen molar-refractivity contribution in [2.75, 3.05) is 19.8 Å². The second kappa shape index (κ2) is 7.71. The van der Waals surface area contributed by atoms with Gasteiger partial charge in [-0.1, -0.05) is 19.4 Å². The van der Waals surface area contributed by atoms with Crippen LogP contribution in [-0.4, -0.2) is 30.9 Å². The molecule has 0 fully saturated rings. The van der Waals surface area contributed by atoms with Gasteiger partial charge in [-0.3, -0.25) is 0 Å². The predicted molar refractivity (Wildman–Crippen MR) is 69.4 cm³/mol. The first-order valence-electron chi connectivity index (χ1n) is 6.19. The monoisotopic (exact) mass is 252 g/mol. The van der Waals surface area contributed by atoms with Gasteiger partial charge in [0.25, 0.3) is 0 Å². The summed E-state index contributed by atoms with van der Waals surface area (Å²) in [7, 11) is 0. The Morgan fingerprint density at radius 1 is 1.28 bits per heavy atom. The molecule has 4 heteroatoms. The number of benzene rings is 1. The van der Waals surface area contributed by atoms with E-state index in [0.717, 1.165) is 25.0 Å². The third-order valence-electron chi connectivity index (χ3n) is 2.56. The molecular weight excluding hydrogens is 232 g/mol. The Hall–Kier alpha value is -1.55. The number of aromatic carboxylic acids is 1. The van der Waals surface area contributed by atoms with E-state index in [-0.39, 0.29) is 5.56 Å². The zero-order chi connectivity index (χ0) is 13.4. The summed E-state index contributed by atoms with van der Waals surface area (Å²) in [5, 5.41) is 8.89. The van der Waals surface area contributed by atoms with Crippen LogP contribution in [-0.2, 0) is 4.74 Å². The third kappa shape index (κ3) is 4.75. The number of carboxylic acids is 1. The van der Waals surface area contributed by atoms with Crippen LogP contribution in [0.2, 0.25) is 0 Å². The van der Waals surface area contributed by atoms with Crippen LogP contribution in [0.5, 0.6) is 5.75 Å². The molecule has 0 saturated carbocycles. The van der Waals surface area contributed by atoms with Gasteiger partial charge in [-0.25, -0.2) is 4.79 Å². The van der Waals surface area contributed by atoms with Crippen LogP contribution in [0.15, 0.2) is 18.2 Å². The molecule has 0 atom stereocenters. The van der Waals surface area contributed by atoms with E-state index in [9.17, 15) is 4.79 Å². The molecule has 0 spiro atoms. The highest BCUT2D eigenvalue weighted by Gasteiger charge is 2.06. The molecule has 0 aromatic heterocycles. The Kier molecular flexibility index (Phi) is 6.22. The van der Waals surface area contributed by atoms with E-state index >= 15 is 0 Å². The SMILES string of the molecule is CCCCOCCOc1cc(C(=O)O)ccc1C. The van der Waals surface area contributed by atoms with Crippen molar-refractivity contribution in [3.63, 3.8) is 0 Å². The molecule has 1 aromatic carbocycles. The molecule has 0 unspecified atom stereocenters. The first-order chi connectivity index (χ1) is 8.65. The number of hydrogen-bond donors (Lipinski definition) is 1. The fraction of sp³-hybridized carbons (Fsp3) is 0.500. The van der Waals surface area contributed by atoms with Crippen molar-refractivity contribution < 1.29 is 19.4 Å². The van der Waals surface area contributed by atoms with Gasteiger partial charge in [0.1, 0.15) is 12.4 Å². The molecule has 4 nitrogen and oxygen atoms in total. The van der Waals surface area contributed by atoms with Crippen molar-refractivity contribution >= 4 is 5.97 Å². The number of unbranched alkanes of at least 4 members (excludes halogenated alkanes) is 1. The molecule has 0 heterocycles. The van der Waals surface area contributed by atoms with Gasteiger partial charge in [0.2, 0.25) is 0 Å². The number of rotatable bonds is 8. The van der Waals surface area contributed by atoms with Crippen molar-refractivity contribution in [3.05, 3.63) is 29.3 Å². The Bertz CT molecular complexity index is 387. The topological polar surface area (TPSA) is 55.8 Å². The van der Waals surface area contributed by atoms with Gasteiger partial charge in [-0.2, -0.15) is 0 Å². The van der Waals surface area contributed by atoms with Gasteiger partial charge in [-0.05, 0) is 31.0 Å². The molecule has 0 amide bonds. The lowest BCUT2D eigenvalue weighted by molar-refractivity contribution is 0.0696. The van der Waals surface area contributed by atoms with Crippen molar-refractivity contribution in [1.82, 2.24) is 0 Å². The van der Waals surface area contributed by atoms with Crippen molar-refractivity contribution in [1.29, 1.82) is 0 Å². The van der Waals surface area contributed by atoms with Gasteiger partial charge in [-0.15, -0.1) is 0 Å². The maximum atomic E-state index is 10.8. The van der Waals surface area contributed by atoms with Crippen LogP contribution >= 0.6 is 0 Å². The lowest BCUT2D eigenvalue weighted by Crippen LogP contribution is -2.08. The van der Waals surface area contributed by atoms with Crippen molar-refractivity contribution in [2.24, 2.45) is 0 Å². The molecular formula is C14H20O4. The molecule has 18 heavy (non-hydrogen) atoms. The fourth-order valence-electron chi connectivity index (χ4n) is 1.45. The second-order valence-electron chi connectivity index (χ2n) is 4.10. The van der Waals surface area contributed by atoms with E-state index in [1.54, 1.807) is 18.2 Å². The zero-order valence-corrected chi connectivity index (χ0v) is 10.9. The van der Waals surface area contributed by atoms with Crippen molar-refractivity contribution in [2.45, 2.75) is 26.7 Å². The van der Waals surface area contributed by atoms with Crippen LogP contribution in [0.1, 0.15) is 35.7 Å². The predicted octanol–water partition coefficient (Wildman–Crippen LogP) is 2.89. The van der Waals surface area contributed by atoms with Gasteiger partial charge in [0.15, 0.2) is 0 Å². The van der Waals surface area contributed by atoms with E-state index in [4.69, 9.17) is 14.6 Å². The smallest absolute Gasteiger partial charge is 0.335 e. The summed E-state index contributed by atoms with van der Waals surface area (Å²) in [6, 6.07) is 4.86. The minimum atomic E-state index is -0.945. The van der Waals surface area contributed by atoms with E-state index in [0.29, 0.717) is 19.0 Å². The fourth-order valence-corrected chi connectivity index (χ4v) is 1.45. The van der Waals surface area contributed by atoms with Crippen LogP contribution in [0.25, 0.3) is 0 Å². The summed E-state index contributed by atoms with van der Waals surface area (Å²) in [6.07, 6.45) is 2.16. The van der Waals surface area contributed by atoms with Gasteiger partial charge in [0, 0.05) is 6.61 Å². The van der Waals surface area contributed by atoms with Gasteiger partial charge >= 0.3 is 5.97 Å². The van der Waals surface area contributed by atoms with Crippen LogP contribution < -0.4 is 4.74 Å². The molecule has 0 radical (unpaired) electrons. The number of hydrogen-bond acceptors (Lipinski definition) is 3. The standard InChI is InChI=1S/C14H20O4/c1-3-4-7-17-8-9-18-13-10-12(14(15)16)6-5-11(13)2/h5-6,10H,3-4,7-9H2,1-2H3,(H,15,16). The Labute approximate surface area is 108 Å². The van der Waals surface area contributed by atoms with Crippen LogP contribution in [0.4, 0.5) is 0 Å². The highest BCUT2D eigenvalue weighted by molar-refractivity contribution is 5.88. The lowest BCUT2D eigenvalue weighted by atomic mass is 10.1. The summed E-state index contributed by atoms with van der Waals surface area (Å²) in [4.78, 5) is 10.8. The summed E-state index contributed by atoms with van der Waals surface area (Å²) in [5.41, 5.74) is 1.16.